The third-order valence-corrected chi connectivity index (χ3v) is 4.66. The number of hydrogen-bond donors (Lipinski definition) is 3. The highest BCUT2D eigenvalue weighted by Gasteiger charge is 2.20. The van der Waals surface area contributed by atoms with Crippen molar-refractivity contribution in [1.29, 1.82) is 0 Å². The van der Waals surface area contributed by atoms with Gasteiger partial charge in [0, 0.05) is 44.9 Å². The number of likely N-dealkylation sites (N-methyl/N-ethyl adjacent to an activating group) is 1. The van der Waals surface area contributed by atoms with Gasteiger partial charge in [0.25, 0.3) is 5.91 Å². The molecule has 2 heterocycles. The van der Waals surface area contributed by atoms with Gasteiger partial charge in [-0.15, -0.1) is 10.2 Å². The van der Waals surface area contributed by atoms with Gasteiger partial charge in [0.05, 0.1) is 30.7 Å². The number of benzene rings is 1. The number of carbonyl (C=O) groups excluding carboxylic acids is 2. The van der Waals surface area contributed by atoms with Crippen molar-refractivity contribution < 1.29 is 23.2 Å². The molecule has 0 saturated carbocycles. The summed E-state index contributed by atoms with van der Waals surface area (Å²) < 4.78 is 34.2. The third-order valence-electron chi connectivity index (χ3n) is 4.66. The Kier molecular flexibility index (Phi) is 6.61. The molecule has 0 bridgehead atoms. The smallest absolute Gasteiger partial charge is 0.322 e. The van der Waals surface area contributed by atoms with Crippen molar-refractivity contribution in [3.63, 3.8) is 0 Å². The summed E-state index contributed by atoms with van der Waals surface area (Å²) in [4.78, 5) is 30.8. The molecule has 1 aromatic carbocycles. The van der Waals surface area contributed by atoms with Crippen LogP contribution in [0.15, 0.2) is 30.6 Å². The lowest BCUT2D eigenvalue weighted by atomic mass is 10.1. The van der Waals surface area contributed by atoms with E-state index in [2.05, 4.69) is 30.9 Å². The number of urea groups is 1. The molecule has 0 saturated heterocycles. The highest BCUT2D eigenvalue weighted by molar-refractivity contribution is 5.99. The topological polar surface area (TPSA) is 148 Å². The number of aromatic nitrogens is 5. The van der Waals surface area contributed by atoms with Crippen LogP contribution in [0, 0.1) is 0 Å². The van der Waals surface area contributed by atoms with E-state index in [4.69, 9.17) is 13.6 Å². The number of methoxy groups -OCH3 is 2. The third kappa shape index (κ3) is 5.56. The van der Waals surface area contributed by atoms with Crippen molar-refractivity contribution >= 4 is 29.1 Å². The van der Waals surface area contributed by atoms with Crippen molar-refractivity contribution in [3.05, 3.63) is 36.3 Å². The largest absolute Gasteiger partial charge is 0.494 e. The van der Waals surface area contributed by atoms with E-state index in [0.29, 0.717) is 36.0 Å². The average Bonchev–Trinajstić information content (AvgIpc) is 3.27. The fourth-order valence-corrected chi connectivity index (χ4v) is 2.95. The molecular weight excluding hydrogens is 442 g/mol. The summed E-state index contributed by atoms with van der Waals surface area (Å²) in [5.74, 6) is -0.212. The second-order valence-corrected chi connectivity index (χ2v) is 7.04. The molecule has 0 spiro atoms. The molecule has 13 nitrogen and oxygen atoms in total. The monoisotopic (exact) mass is 472 g/mol. The van der Waals surface area contributed by atoms with Crippen molar-refractivity contribution in [1.82, 2.24) is 35.2 Å². The molecule has 3 rings (SSSR count). The van der Waals surface area contributed by atoms with E-state index >= 15 is 0 Å². The molecule has 0 fully saturated rings. The molecule has 0 aliphatic rings. The van der Waals surface area contributed by atoms with Gasteiger partial charge in [0.15, 0.2) is 23.1 Å². The summed E-state index contributed by atoms with van der Waals surface area (Å²) in [6.07, 6.45) is 1.54. The van der Waals surface area contributed by atoms with E-state index < -0.39 is 18.9 Å². The lowest BCUT2D eigenvalue weighted by Crippen LogP contribution is -2.34. The molecular formula is C21H27N9O4. The van der Waals surface area contributed by atoms with Gasteiger partial charge >= 0.3 is 6.03 Å². The molecule has 0 unspecified atom stereocenters. The molecule has 3 amide bonds. The number of aryl methyl sites for hydroxylation is 1. The predicted octanol–water partition coefficient (Wildman–Crippen LogP) is 1.49. The van der Waals surface area contributed by atoms with Gasteiger partial charge in [0.1, 0.15) is 6.33 Å². The van der Waals surface area contributed by atoms with Gasteiger partial charge in [-0.05, 0) is 12.1 Å². The highest BCUT2D eigenvalue weighted by Crippen LogP contribution is 2.37. The minimum absolute atomic E-state index is 0.0173. The zero-order valence-corrected chi connectivity index (χ0v) is 19.1. The van der Waals surface area contributed by atoms with Crippen LogP contribution in [0.5, 0.6) is 5.75 Å². The van der Waals surface area contributed by atoms with Gasteiger partial charge in [-0.3, -0.25) is 14.8 Å². The van der Waals surface area contributed by atoms with E-state index in [1.165, 1.54) is 36.2 Å². The zero-order valence-electron chi connectivity index (χ0n) is 22.1. The fraction of sp³-hybridized carbons (Fsp3) is 0.333. The van der Waals surface area contributed by atoms with Crippen LogP contribution in [0.3, 0.4) is 0 Å². The summed E-state index contributed by atoms with van der Waals surface area (Å²) in [7, 11) is 6.28. The Bertz CT molecular complexity index is 1270. The Balaban J connectivity index is 2.00. The van der Waals surface area contributed by atoms with Crippen LogP contribution in [-0.4, -0.2) is 83.2 Å². The van der Waals surface area contributed by atoms with E-state index in [0.717, 1.165) is 0 Å². The van der Waals surface area contributed by atoms with Crippen LogP contribution < -0.4 is 20.7 Å². The summed E-state index contributed by atoms with van der Waals surface area (Å²) in [5, 5.41) is 19.5. The Morgan fingerprint density at radius 1 is 1.24 bits per heavy atom. The van der Waals surface area contributed by atoms with E-state index in [1.807, 2.05) is 5.32 Å². The molecule has 0 radical (unpaired) electrons. The molecule has 0 aliphatic heterocycles. The van der Waals surface area contributed by atoms with Gasteiger partial charge in [-0.1, -0.05) is 6.07 Å². The van der Waals surface area contributed by atoms with Crippen molar-refractivity contribution in [2.24, 2.45) is 7.05 Å². The van der Waals surface area contributed by atoms with E-state index in [9.17, 15) is 9.59 Å². The second-order valence-electron chi connectivity index (χ2n) is 7.04. The predicted molar refractivity (Wildman–Crippen MR) is 125 cm³/mol. The molecule has 2 aromatic heterocycles. The van der Waals surface area contributed by atoms with Gasteiger partial charge in [0.2, 0.25) is 0 Å². The van der Waals surface area contributed by atoms with Crippen molar-refractivity contribution in [2.75, 3.05) is 52.0 Å². The maximum Gasteiger partial charge on any atom is 0.322 e. The van der Waals surface area contributed by atoms with Crippen LogP contribution in [0.1, 0.15) is 14.6 Å². The molecule has 3 N–H and O–H groups in total. The second kappa shape index (κ2) is 11.0. The Labute approximate surface area is 200 Å². The molecule has 0 aliphatic carbocycles. The fourth-order valence-electron chi connectivity index (χ4n) is 2.95. The zero-order chi connectivity index (χ0) is 27.2. The first kappa shape index (κ1) is 20.4. The molecule has 180 valence electrons. The number of para-hydroxylation sites is 1. The number of rotatable bonds is 9. The van der Waals surface area contributed by atoms with E-state index in [-0.39, 0.29) is 17.2 Å². The van der Waals surface area contributed by atoms with Crippen molar-refractivity contribution in [2.45, 2.75) is 0 Å². The molecule has 34 heavy (non-hydrogen) atoms. The van der Waals surface area contributed by atoms with Crippen LogP contribution >= 0.6 is 0 Å². The Morgan fingerprint density at radius 2 is 2.06 bits per heavy atom. The first-order valence-corrected chi connectivity index (χ1v) is 10.0. The van der Waals surface area contributed by atoms with E-state index in [1.54, 1.807) is 32.3 Å². The van der Waals surface area contributed by atoms with Gasteiger partial charge in [-0.25, -0.2) is 9.78 Å². The average molecular weight is 473 g/mol. The lowest BCUT2D eigenvalue weighted by Gasteiger charge is -2.18. The standard InChI is InChI=1S/C21H27N9O4/c1-22-20(31)17-15(11-16(26-27-17)25-21(32)29(2)9-10-33-4)24-14-8-6-7-13(18(14)34-5)19-23-12-30(3)28-19/h6-8,11-12H,9-10H2,1-5H3,(H,22,31)(H2,24,25,26,32)/i1D3. The maximum atomic E-state index is 12.7. The minimum atomic E-state index is -2.75. The summed E-state index contributed by atoms with van der Waals surface area (Å²) >= 11 is 0. The summed E-state index contributed by atoms with van der Waals surface area (Å²) in [5.41, 5.74) is 0.719. The van der Waals surface area contributed by atoms with Crippen molar-refractivity contribution in [3.8, 4) is 17.1 Å². The lowest BCUT2D eigenvalue weighted by molar-refractivity contribution is 0.0958. The first-order valence-electron chi connectivity index (χ1n) is 11.5. The van der Waals surface area contributed by atoms with Crippen LogP contribution in [-0.2, 0) is 11.8 Å². The number of amides is 3. The van der Waals surface area contributed by atoms with Crippen LogP contribution in [0.4, 0.5) is 22.0 Å². The maximum absolute atomic E-state index is 12.7. The Hall–Kier alpha value is -4.26. The van der Waals surface area contributed by atoms with Gasteiger partial charge < -0.3 is 25.0 Å². The minimum Gasteiger partial charge on any atom is -0.494 e. The number of ether oxygens (including phenoxy) is 2. The van der Waals surface area contributed by atoms with Crippen LogP contribution in [0.2, 0.25) is 0 Å². The summed E-state index contributed by atoms with van der Waals surface area (Å²) in [6.45, 7) is -2.10. The molecule has 3 aromatic rings. The Morgan fingerprint density at radius 3 is 2.74 bits per heavy atom. The molecule has 13 heteroatoms. The number of nitrogens with zero attached hydrogens (tertiary/aromatic N) is 6. The van der Waals surface area contributed by atoms with Gasteiger partial charge in [-0.2, -0.15) is 5.10 Å². The normalized spacial score (nSPS) is 12.2. The first-order chi connectivity index (χ1) is 17.5. The molecule has 0 atom stereocenters. The number of hydrogen-bond acceptors (Lipinski definition) is 9. The number of nitrogens with one attached hydrogen (secondary N) is 3. The summed E-state index contributed by atoms with van der Waals surface area (Å²) in [6, 6.07) is 6.02. The highest BCUT2D eigenvalue weighted by atomic mass is 16.5. The quantitative estimate of drug-likeness (QED) is 0.421. The number of anilines is 3. The number of carbonyl (C=O) groups is 2. The van der Waals surface area contributed by atoms with Crippen LogP contribution in [0.25, 0.3) is 11.4 Å². The SMILES string of the molecule is [2H]C([2H])([2H])NC(=O)c1nnc(NC(=O)N(C)CCOC)cc1Nc1cccc(-c2ncn(C)n2)c1OC.